The number of alkyl halides is 2. The zero-order valence-electron chi connectivity index (χ0n) is 22.5. The van der Waals surface area contributed by atoms with Gasteiger partial charge in [0.2, 0.25) is 11.8 Å². The molecule has 0 spiro atoms. The zero-order chi connectivity index (χ0) is 27.4. The number of fused-ring (bicyclic) bond motifs is 1. The number of imidazole rings is 1. The highest BCUT2D eigenvalue weighted by atomic mass is 19.3. The number of aliphatic hydroxyl groups is 1. The summed E-state index contributed by atoms with van der Waals surface area (Å²) in [4.78, 5) is 17.8. The Balaban J connectivity index is 1.36. The molecule has 39 heavy (non-hydrogen) atoms. The lowest BCUT2D eigenvalue weighted by atomic mass is 9.86. The topological polar surface area (TPSA) is 88.8 Å². The molecule has 5 rings (SSSR count). The molecule has 1 aliphatic heterocycles. The molecule has 1 saturated carbocycles. The van der Waals surface area contributed by atoms with E-state index >= 15 is 0 Å². The number of ether oxygens (including phenoxy) is 2. The van der Waals surface area contributed by atoms with Crippen LogP contribution in [0.3, 0.4) is 0 Å². The van der Waals surface area contributed by atoms with Crippen LogP contribution in [-0.4, -0.2) is 82.1 Å². The molecule has 2 fully saturated rings. The second-order valence-electron chi connectivity index (χ2n) is 10.4. The van der Waals surface area contributed by atoms with Gasteiger partial charge >= 0.3 is 0 Å². The quantitative estimate of drug-likeness (QED) is 0.381. The fraction of sp³-hybridized carbons (Fsp3) is 0.536. The lowest BCUT2D eigenvalue weighted by Gasteiger charge is -2.34. The van der Waals surface area contributed by atoms with E-state index < -0.39 is 6.43 Å². The van der Waals surface area contributed by atoms with Crippen molar-refractivity contribution in [2.45, 2.75) is 45.1 Å². The summed E-state index contributed by atoms with van der Waals surface area (Å²) >= 11 is 0. The molecular weight excluding hydrogens is 506 g/mol. The predicted molar refractivity (Wildman–Crippen MR) is 145 cm³/mol. The third-order valence-electron chi connectivity index (χ3n) is 7.61. The number of likely N-dealkylation sites (N-methyl/N-ethyl adjacent to an activating group) is 1. The normalized spacial score (nSPS) is 20.8. The van der Waals surface area contributed by atoms with Gasteiger partial charge in [0.1, 0.15) is 5.82 Å². The Hall–Kier alpha value is -3.31. The van der Waals surface area contributed by atoms with E-state index in [9.17, 15) is 13.9 Å². The number of hydrogen-bond acceptors (Lipinski definition) is 8. The Labute approximate surface area is 227 Å². The van der Waals surface area contributed by atoms with Crippen LogP contribution < -0.4 is 9.64 Å². The predicted octanol–water partition coefficient (Wildman–Crippen LogP) is 4.92. The summed E-state index contributed by atoms with van der Waals surface area (Å²) < 4.78 is 41.3. The Morgan fingerprint density at radius 2 is 1.90 bits per heavy atom. The molecular formula is C28H36F2N6O3. The van der Waals surface area contributed by atoms with Crippen LogP contribution in [0.5, 0.6) is 5.88 Å². The number of aliphatic hydroxyl groups excluding tert-OH is 1. The maximum absolute atomic E-state index is 14.1. The highest BCUT2D eigenvalue weighted by molar-refractivity contribution is 5.78. The summed E-state index contributed by atoms with van der Waals surface area (Å²) in [5.74, 6) is 1.12. The molecule has 2 aromatic heterocycles. The van der Waals surface area contributed by atoms with E-state index in [1.807, 2.05) is 11.8 Å². The number of aromatic nitrogens is 4. The molecule has 1 aliphatic carbocycles. The van der Waals surface area contributed by atoms with Gasteiger partial charge in [-0.1, -0.05) is 12.1 Å². The number of morpholine rings is 1. The lowest BCUT2D eigenvalue weighted by Crippen LogP contribution is -2.37. The van der Waals surface area contributed by atoms with Crippen LogP contribution >= 0.6 is 0 Å². The summed E-state index contributed by atoms with van der Waals surface area (Å²) in [7, 11) is 2.09. The second-order valence-corrected chi connectivity index (χ2v) is 10.4. The van der Waals surface area contributed by atoms with Crippen LogP contribution in [0.1, 0.15) is 44.9 Å². The maximum Gasteiger partial charge on any atom is 0.296 e. The van der Waals surface area contributed by atoms with Crippen LogP contribution in [0.25, 0.3) is 16.9 Å². The van der Waals surface area contributed by atoms with Crippen LogP contribution in [0.2, 0.25) is 0 Å². The van der Waals surface area contributed by atoms with Crippen molar-refractivity contribution < 1.29 is 23.4 Å². The first kappa shape index (κ1) is 27.3. The molecule has 3 heterocycles. The molecule has 1 saturated heterocycles. The van der Waals surface area contributed by atoms with E-state index in [1.165, 1.54) is 10.8 Å². The highest BCUT2D eigenvalue weighted by Crippen LogP contribution is 2.31. The summed E-state index contributed by atoms with van der Waals surface area (Å²) in [5, 5.41) is 9.21. The summed E-state index contributed by atoms with van der Waals surface area (Å²) in [6, 6.07) is 9.16. The van der Waals surface area contributed by atoms with Crippen LogP contribution in [0.15, 0.2) is 42.2 Å². The minimum atomic E-state index is -2.77. The van der Waals surface area contributed by atoms with Crippen LogP contribution in [0, 0.1) is 5.92 Å². The third kappa shape index (κ3) is 6.30. The molecule has 2 aliphatic rings. The first-order chi connectivity index (χ1) is 18.9. The fourth-order valence-electron chi connectivity index (χ4n) is 5.44. The average molecular weight is 543 g/mol. The van der Waals surface area contributed by atoms with Gasteiger partial charge in [-0.15, -0.1) is 0 Å². The largest absolute Gasteiger partial charge is 0.516 e. The monoisotopic (exact) mass is 542 g/mol. The molecule has 1 N–H and O–H groups in total. The van der Waals surface area contributed by atoms with Crippen molar-refractivity contribution in [1.82, 2.24) is 24.4 Å². The van der Waals surface area contributed by atoms with Gasteiger partial charge in [-0.3, -0.25) is 9.47 Å². The van der Waals surface area contributed by atoms with Gasteiger partial charge in [-0.25, -0.2) is 13.8 Å². The molecule has 0 bridgehead atoms. The van der Waals surface area contributed by atoms with Gasteiger partial charge in [0.15, 0.2) is 5.82 Å². The molecule has 0 amide bonds. The third-order valence-corrected chi connectivity index (χ3v) is 7.61. The Bertz CT molecular complexity index is 1290. The number of para-hydroxylation sites is 2. The minimum Gasteiger partial charge on any atom is -0.516 e. The van der Waals surface area contributed by atoms with E-state index in [0.29, 0.717) is 73.5 Å². The molecule has 11 heteroatoms. The Kier molecular flexibility index (Phi) is 8.56. The summed E-state index contributed by atoms with van der Waals surface area (Å²) in [6.07, 6.45) is 2.55. The van der Waals surface area contributed by atoms with Gasteiger partial charge in [0.05, 0.1) is 37.1 Å². The number of halogens is 2. The summed E-state index contributed by atoms with van der Waals surface area (Å²) in [6.45, 7) is 5.48. The zero-order valence-corrected chi connectivity index (χ0v) is 22.5. The van der Waals surface area contributed by atoms with Crippen molar-refractivity contribution >= 4 is 17.0 Å². The second kappa shape index (κ2) is 12.3. The van der Waals surface area contributed by atoms with Crippen molar-refractivity contribution in [3.05, 3.63) is 48.0 Å². The molecule has 1 aromatic carbocycles. The van der Waals surface area contributed by atoms with Gasteiger partial charge in [0.25, 0.3) is 6.43 Å². The van der Waals surface area contributed by atoms with E-state index in [4.69, 9.17) is 9.47 Å². The van der Waals surface area contributed by atoms with E-state index in [2.05, 4.69) is 26.9 Å². The first-order valence-corrected chi connectivity index (χ1v) is 13.5. The van der Waals surface area contributed by atoms with Crippen LogP contribution in [0.4, 0.5) is 14.7 Å². The molecule has 0 radical (unpaired) electrons. The van der Waals surface area contributed by atoms with Crippen molar-refractivity contribution in [2.24, 2.45) is 5.92 Å². The van der Waals surface area contributed by atoms with E-state index in [0.717, 1.165) is 37.8 Å². The molecule has 3 aromatic rings. The standard InChI is InChI=1S/C28H36F2N6O3/c1-19(17-37)16-34(2)21-9-7-20(8-10-21)18-39-25-15-24(32-28(33-25)35-11-13-38-14-12-35)36-23-6-4-3-5-22(23)31-27(36)26(29)30/h3-6,15,17,20-21,26,37H,7-14,16,18H2,1-2H3/b19-17+/t20-,21-. The molecule has 210 valence electrons. The van der Waals surface area contributed by atoms with Gasteiger partial charge < -0.3 is 19.5 Å². The average Bonchev–Trinajstić information content (AvgIpc) is 3.37. The number of nitrogens with zero attached hydrogens (tertiary/aromatic N) is 6. The number of hydrogen-bond donors (Lipinski definition) is 1. The van der Waals surface area contributed by atoms with Crippen molar-refractivity contribution in [2.75, 3.05) is 51.4 Å². The molecule has 0 unspecified atom stereocenters. The van der Waals surface area contributed by atoms with Crippen molar-refractivity contribution in [3.63, 3.8) is 0 Å². The lowest BCUT2D eigenvalue weighted by molar-refractivity contribution is 0.121. The fourth-order valence-corrected chi connectivity index (χ4v) is 5.44. The van der Waals surface area contributed by atoms with Crippen LogP contribution in [-0.2, 0) is 4.74 Å². The highest BCUT2D eigenvalue weighted by Gasteiger charge is 2.26. The Morgan fingerprint density at radius 1 is 1.15 bits per heavy atom. The Morgan fingerprint density at radius 3 is 2.62 bits per heavy atom. The van der Waals surface area contributed by atoms with Crippen molar-refractivity contribution in [1.29, 1.82) is 0 Å². The van der Waals surface area contributed by atoms with E-state index in [1.54, 1.807) is 30.3 Å². The minimum absolute atomic E-state index is 0.308. The number of anilines is 1. The van der Waals surface area contributed by atoms with Crippen molar-refractivity contribution in [3.8, 4) is 11.7 Å². The smallest absolute Gasteiger partial charge is 0.296 e. The summed E-state index contributed by atoms with van der Waals surface area (Å²) in [5.41, 5.74) is 1.98. The molecule has 9 nitrogen and oxygen atoms in total. The first-order valence-electron chi connectivity index (χ1n) is 13.5. The van der Waals surface area contributed by atoms with Gasteiger partial charge in [-0.05, 0) is 63.3 Å². The number of benzene rings is 1. The van der Waals surface area contributed by atoms with Gasteiger partial charge in [-0.2, -0.15) is 9.97 Å². The maximum atomic E-state index is 14.1. The molecule has 0 atom stereocenters. The number of rotatable bonds is 9. The van der Waals surface area contributed by atoms with E-state index in [-0.39, 0.29) is 5.82 Å². The SMILES string of the molecule is C/C(=C\O)CN(C)[C@H]1CC[C@H](COc2cc(-n3c(C(F)F)nc4ccccc43)nc(N3CCOCC3)n2)CC1. The van der Waals surface area contributed by atoms with Gasteiger partial charge in [0, 0.05) is 31.7 Å².